The number of anilines is 1. The number of amides is 2. The predicted octanol–water partition coefficient (Wildman–Crippen LogP) is 3.51. The topological polar surface area (TPSA) is 86.4 Å². The van der Waals surface area contributed by atoms with Crippen molar-refractivity contribution in [2.75, 3.05) is 18.0 Å². The van der Waals surface area contributed by atoms with Gasteiger partial charge in [0.15, 0.2) is 0 Å². The summed E-state index contributed by atoms with van der Waals surface area (Å²) in [7, 11) is 0. The van der Waals surface area contributed by atoms with Gasteiger partial charge in [-0.1, -0.05) is 30.7 Å². The highest BCUT2D eigenvalue weighted by atomic mass is 35.5. The first-order valence-electron chi connectivity index (χ1n) is 10.4. The Bertz CT molecular complexity index is 1250. The van der Waals surface area contributed by atoms with E-state index in [1.54, 1.807) is 35.2 Å². The number of nitrogens with zero attached hydrogens (tertiary/aromatic N) is 3. The van der Waals surface area contributed by atoms with Crippen molar-refractivity contribution >= 4 is 40.0 Å². The lowest BCUT2D eigenvalue weighted by Gasteiger charge is -2.25. The fraction of sp³-hybridized carbons (Fsp3) is 0.304. The van der Waals surface area contributed by atoms with Gasteiger partial charge in [-0.25, -0.2) is 9.37 Å². The number of benzene rings is 2. The molecule has 3 aromatic rings. The third-order valence-electron chi connectivity index (χ3n) is 5.48. The van der Waals surface area contributed by atoms with Gasteiger partial charge in [-0.2, -0.15) is 0 Å². The van der Waals surface area contributed by atoms with Gasteiger partial charge >= 0.3 is 0 Å². The standard InChI is InChI=1S/C23H22ClFN4O3/c1-2-9-28(13-20-26-18-11-15(24)7-8-16(18)22(31)27-20)23(32)14-10-21(30)29(12-14)19-6-4-3-5-17(19)25/h3-8,11,14H,2,9-10,12-13H2,1H3,(H,26,27,31). The average molecular weight is 457 g/mol. The number of hydrogen-bond donors (Lipinski definition) is 1. The molecule has 1 aromatic heterocycles. The second-order valence-electron chi connectivity index (χ2n) is 7.79. The van der Waals surface area contributed by atoms with Crippen LogP contribution < -0.4 is 10.5 Å². The molecular formula is C23H22ClFN4O3. The molecular weight excluding hydrogens is 435 g/mol. The molecule has 1 N–H and O–H groups in total. The molecule has 166 valence electrons. The minimum absolute atomic E-state index is 0.00462. The number of nitrogens with one attached hydrogen (secondary N) is 1. The van der Waals surface area contributed by atoms with Gasteiger partial charge in [0.05, 0.1) is 29.1 Å². The van der Waals surface area contributed by atoms with E-state index in [1.165, 1.54) is 17.0 Å². The lowest BCUT2D eigenvalue weighted by Crippen LogP contribution is -2.38. The molecule has 2 amide bonds. The molecule has 0 aliphatic carbocycles. The van der Waals surface area contributed by atoms with Gasteiger partial charge in [-0.15, -0.1) is 0 Å². The monoisotopic (exact) mass is 456 g/mol. The quantitative estimate of drug-likeness (QED) is 0.615. The van der Waals surface area contributed by atoms with Crippen LogP contribution in [0.5, 0.6) is 0 Å². The number of hydrogen-bond acceptors (Lipinski definition) is 4. The van der Waals surface area contributed by atoms with Crippen LogP contribution in [0.3, 0.4) is 0 Å². The summed E-state index contributed by atoms with van der Waals surface area (Å²) in [6.45, 7) is 2.56. The van der Waals surface area contributed by atoms with E-state index in [1.807, 2.05) is 6.92 Å². The van der Waals surface area contributed by atoms with Crippen LogP contribution in [-0.2, 0) is 16.1 Å². The summed E-state index contributed by atoms with van der Waals surface area (Å²) in [6.07, 6.45) is 0.692. The van der Waals surface area contributed by atoms with Gasteiger partial charge in [0.1, 0.15) is 11.6 Å². The molecule has 1 atom stereocenters. The molecule has 4 rings (SSSR count). The highest BCUT2D eigenvalue weighted by Gasteiger charge is 2.38. The molecule has 1 aliphatic heterocycles. The molecule has 2 heterocycles. The Kier molecular flexibility index (Phi) is 6.23. The fourth-order valence-electron chi connectivity index (χ4n) is 3.99. The third kappa shape index (κ3) is 4.36. The third-order valence-corrected chi connectivity index (χ3v) is 5.72. The number of H-pyrrole nitrogens is 1. The second kappa shape index (κ2) is 9.08. The van der Waals surface area contributed by atoms with E-state index in [0.717, 1.165) is 0 Å². The van der Waals surface area contributed by atoms with Crippen molar-refractivity contribution in [1.29, 1.82) is 0 Å². The van der Waals surface area contributed by atoms with Crippen molar-refractivity contribution < 1.29 is 14.0 Å². The van der Waals surface area contributed by atoms with E-state index >= 15 is 0 Å². The van der Waals surface area contributed by atoms with Crippen LogP contribution in [0.4, 0.5) is 10.1 Å². The molecule has 1 fully saturated rings. The minimum atomic E-state index is -0.602. The zero-order valence-electron chi connectivity index (χ0n) is 17.5. The van der Waals surface area contributed by atoms with Crippen LogP contribution in [0.15, 0.2) is 47.3 Å². The SMILES string of the molecule is CCCN(Cc1nc2cc(Cl)ccc2c(=O)[nH]1)C(=O)C1CC(=O)N(c2ccccc2F)C1. The Morgan fingerprint density at radius 1 is 1.28 bits per heavy atom. The predicted molar refractivity (Wildman–Crippen MR) is 120 cm³/mol. The highest BCUT2D eigenvalue weighted by molar-refractivity contribution is 6.31. The van der Waals surface area contributed by atoms with E-state index in [-0.39, 0.29) is 42.6 Å². The number of halogens is 2. The van der Waals surface area contributed by atoms with E-state index in [4.69, 9.17) is 11.6 Å². The van der Waals surface area contributed by atoms with Crippen molar-refractivity contribution in [2.24, 2.45) is 5.92 Å². The molecule has 0 saturated carbocycles. The molecule has 0 bridgehead atoms. The number of para-hydroxylation sites is 1. The van der Waals surface area contributed by atoms with Gasteiger partial charge in [0, 0.05) is 24.5 Å². The minimum Gasteiger partial charge on any atom is -0.335 e. The van der Waals surface area contributed by atoms with Crippen LogP contribution in [0.1, 0.15) is 25.6 Å². The summed E-state index contributed by atoms with van der Waals surface area (Å²) in [6, 6.07) is 10.8. The van der Waals surface area contributed by atoms with Crippen molar-refractivity contribution in [3.8, 4) is 0 Å². The maximum absolute atomic E-state index is 14.2. The van der Waals surface area contributed by atoms with Crippen LogP contribution >= 0.6 is 11.6 Å². The molecule has 0 spiro atoms. The molecule has 7 nitrogen and oxygen atoms in total. The summed E-state index contributed by atoms with van der Waals surface area (Å²) >= 11 is 6.02. The lowest BCUT2D eigenvalue weighted by molar-refractivity contribution is -0.136. The van der Waals surface area contributed by atoms with E-state index < -0.39 is 11.7 Å². The first-order valence-corrected chi connectivity index (χ1v) is 10.8. The summed E-state index contributed by atoms with van der Waals surface area (Å²) in [5.74, 6) is -1.29. The molecule has 2 aromatic carbocycles. The smallest absolute Gasteiger partial charge is 0.258 e. The van der Waals surface area contributed by atoms with Gasteiger partial charge in [-0.05, 0) is 36.8 Å². The van der Waals surface area contributed by atoms with Crippen LogP contribution in [0, 0.1) is 11.7 Å². The molecule has 1 saturated heterocycles. The number of carbonyl (C=O) groups is 2. The Hall–Kier alpha value is -3.26. The maximum atomic E-state index is 14.2. The molecule has 9 heteroatoms. The van der Waals surface area contributed by atoms with Crippen LogP contribution in [-0.4, -0.2) is 39.8 Å². The van der Waals surface area contributed by atoms with Crippen LogP contribution in [0.2, 0.25) is 5.02 Å². The van der Waals surface area contributed by atoms with Crippen molar-refractivity contribution in [3.63, 3.8) is 0 Å². The number of aromatic amines is 1. The van der Waals surface area contributed by atoms with E-state index in [0.29, 0.717) is 34.7 Å². The largest absolute Gasteiger partial charge is 0.335 e. The maximum Gasteiger partial charge on any atom is 0.258 e. The normalized spacial score (nSPS) is 16.0. The summed E-state index contributed by atoms with van der Waals surface area (Å²) in [5.41, 5.74) is 0.307. The van der Waals surface area contributed by atoms with E-state index in [9.17, 15) is 18.8 Å². The van der Waals surface area contributed by atoms with Crippen molar-refractivity contribution in [1.82, 2.24) is 14.9 Å². The summed E-state index contributed by atoms with van der Waals surface area (Å²) in [5, 5.41) is 0.870. The van der Waals surface area contributed by atoms with Gasteiger partial charge in [0.2, 0.25) is 11.8 Å². The zero-order valence-corrected chi connectivity index (χ0v) is 18.2. The van der Waals surface area contributed by atoms with Crippen molar-refractivity contribution in [2.45, 2.75) is 26.3 Å². The van der Waals surface area contributed by atoms with Gasteiger partial charge in [-0.3, -0.25) is 14.4 Å². The second-order valence-corrected chi connectivity index (χ2v) is 8.23. The average Bonchev–Trinajstić information content (AvgIpc) is 3.14. The number of fused-ring (bicyclic) bond motifs is 1. The lowest BCUT2D eigenvalue weighted by atomic mass is 10.1. The Labute approximate surface area is 188 Å². The first kappa shape index (κ1) is 22.0. The number of rotatable bonds is 6. The molecule has 32 heavy (non-hydrogen) atoms. The zero-order chi connectivity index (χ0) is 22.8. The van der Waals surface area contributed by atoms with Crippen molar-refractivity contribution in [3.05, 3.63) is 69.5 Å². The molecule has 1 aliphatic rings. The highest BCUT2D eigenvalue weighted by Crippen LogP contribution is 2.28. The summed E-state index contributed by atoms with van der Waals surface area (Å²) in [4.78, 5) is 48.3. The molecule has 1 unspecified atom stereocenters. The number of carbonyl (C=O) groups excluding carboxylic acids is 2. The first-order chi connectivity index (χ1) is 15.4. The Morgan fingerprint density at radius 2 is 2.06 bits per heavy atom. The molecule has 0 radical (unpaired) electrons. The van der Waals surface area contributed by atoms with Gasteiger partial charge in [0.25, 0.3) is 5.56 Å². The van der Waals surface area contributed by atoms with Crippen LogP contribution in [0.25, 0.3) is 10.9 Å². The number of aromatic nitrogens is 2. The fourth-order valence-corrected chi connectivity index (χ4v) is 4.15. The van der Waals surface area contributed by atoms with Gasteiger partial charge < -0.3 is 14.8 Å². The Morgan fingerprint density at radius 3 is 2.81 bits per heavy atom. The van der Waals surface area contributed by atoms with E-state index in [2.05, 4.69) is 9.97 Å². The Balaban J connectivity index is 1.56. The summed E-state index contributed by atoms with van der Waals surface area (Å²) < 4.78 is 14.2.